The molecular weight excluding hydrogens is 292 g/mol. The van der Waals surface area contributed by atoms with E-state index in [1.165, 1.54) is 6.92 Å². The fourth-order valence-corrected chi connectivity index (χ4v) is 2.99. The lowest BCUT2D eigenvalue weighted by Gasteiger charge is -2.25. The number of rotatable bonds is 6. The average molecular weight is 318 g/mol. The highest BCUT2D eigenvalue weighted by molar-refractivity contribution is 5.94. The maximum absolute atomic E-state index is 12.0. The summed E-state index contributed by atoms with van der Waals surface area (Å²) >= 11 is 0. The molecular formula is C18H26N2O3. The second-order valence-corrected chi connectivity index (χ2v) is 6.10. The van der Waals surface area contributed by atoms with Crippen molar-refractivity contribution in [2.75, 3.05) is 24.6 Å². The van der Waals surface area contributed by atoms with Crippen molar-refractivity contribution in [2.45, 2.75) is 46.1 Å². The highest BCUT2D eigenvalue weighted by atomic mass is 16.5. The number of nitrogens with zero attached hydrogens (tertiary/aromatic N) is 1. The quantitative estimate of drug-likeness (QED) is 0.876. The number of hydrogen-bond acceptors (Lipinski definition) is 3. The lowest BCUT2D eigenvalue weighted by molar-refractivity contribution is -0.121. The van der Waals surface area contributed by atoms with E-state index in [0.29, 0.717) is 19.5 Å². The number of hydrogen-bond donors (Lipinski definition) is 1. The largest absolute Gasteiger partial charge is 0.376 e. The monoisotopic (exact) mass is 318 g/mol. The lowest BCUT2D eigenvalue weighted by Crippen LogP contribution is -2.37. The van der Waals surface area contributed by atoms with Crippen LogP contribution >= 0.6 is 0 Å². The van der Waals surface area contributed by atoms with Gasteiger partial charge in [-0.25, -0.2) is 0 Å². The van der Waals surface area contributed by atoms with Gasteiger partial charge in [-0.3, -0.25) is 9.59 Å². The summed E-state index contributed by atoms with van der Waals surface area (Å²) in [7, 11) is 0. The minimum atomic E-state index is -0.0469. The summed E-state index contributed by atoms with van der Waals surface area (Å²) in [6.45, 7) is 7.23. The Labute approximate surface area is 138 Å². The first kappa shape index (κ1) is 17.5. The predicted molar refractivity (Wildman–Crippen MR) is 90.5 cm³/mol. The van der Waals surface area contributed by atoms with E-state index in [1.807, 2.05) is 32.0 Å². The van der Waals surface area contributed by atoms with Crippen LogP contribution in [0, 0.1) is 13.8 Å². The topological polar surface area (TPSA) is 58.6 Å². The molecule has 1 aliphatic rings. The summed E-state index contributed by atoms with van der Waals surface area (Å²) in [6, 6.07) is 5.94. The van der Waals surface area contributed by atoms with E-state index in [2.05, 4.69) is 5.32 Å². The fraction of sp³-hybridized carbons (Fsp3) is 0.556. The molecule has 5 heteroatoms. The van der Waals surface area contributed by atoms with Gasteiger partial charge in [0.05, 0.1) is 6.10 Å². The minimum Gasteiger partial charge on any atom is -0.376 e. The number of benzene rings is 1. The van der Waals surface area contributed by atoms with Crippen molar-refractivity contribution in [3.63, 3.8) is 0 Å². The van der Waals surface area contributed by atoms with E-state index in [1.54, 1.807) is 4.90 Å². The number of aryl methyl sites for hydroxylation is 2. The van der Waals surface area contributed by atoms with Crippen molar-refractivity contribution in [1.29, 1.82) is 0 Å². The van der Waals surface area contributed by atoms with Gasteiger partial charge in [-0.15, -0.1) is 0 Å². The van der Waals surface area contributed by atoms with Crippen molar-refractivity contribution in [2.24, 2.45) is 0 Å². The third kappa shape index (κ3) is 4.79. The zero-order valence-corrected chi connectivity index (χ0v) is 14.2. The van der Waals surface area contributed by atoms with Gasteiger partial charge in [0, 0.05) is 38.7 Å². The van der Waals surface area contributed by atoms with Crippen LogP contribution in [0.4, 0.5) is 5.69 Å². The Kier molecular flexibility index (Phi) is 6.16. The average Bonchev–Trinajstić information content (AvgIpc) is 3.01. The van der Waals surface area contributed by atoms with Gasteiger partial charge >= 0.3 is 0 Å². The van der Waals surface area contributed by atoms with Crippen LogP contribution in [0.3, 0.4) is 0 Å². The van der Waals surface area contributed by atoms with Crippen LogP contribution in [-0.4, -0.2) is 37.6 Å². The molecule has 23 heavy (non-hydrogen) atoms. The van der Waals surface area contributed by atoms with E-state index >= 15 is 0 Å². The molecule has 0 aromatic heterocycles. The van der Waals surface area contributed by atoms with Crippen molar-refractivity contribution in [1.82, 2.24) is 5.32 Å². The molecule has 1 N–H and O–H groups in total. The van der Waals surface area contributed by atoms with Crippen LogP contribution in [-0.2, 0) is 14.3 Å². The Morgan fingerprint density at radius 3 is 2.57 bits per heavy atom. The molecule has 0 radical (unpaired) electrons. The number of para-hydroxylation sites is 1. The number of carbonyl (C=O) groups excluding carboxylic acids is 2. The third-order valence-corrected chi connectivity index (χ3v) is 4.20. The first-order chi connectivity index (χ1) is 11.0. The molecule has 1 saturated heterocycles. The summed E-state index contributed by atoms with van der Waals surface area (Å²) in [5.74, 6) is -0.0905. The smallest absolute Gasteiger partial charge is 0.223 e. The fourth-order valence-electron chi connectivity index (χ4n) is 2.99. The molecule has 1 aliphatic heterocycles. The van der Waals surface area contributed by atoms with E-state index in [9.17, 15) is 9.59 Å². The predicted octanol–water partition coefficient (Wildman–Crippen LogP) is 2.34. The van der Waals surface area contributed by atoms with Gasteiger partial charge < -0.3 is 15.0 Å². The van der Waals surface area contributed by atoms with Crippen LogP contribution in [0.1, 0.15) is 37.3 Å². The zero-order chi connectivity index (χ0) is 16.8. The first-order valence-electron chi connectivity index (χ1n) is 8.21. The van der Waals surface area contributed by atoms with Crippen LogP contribution in [0.15, 0.2) is 18.2 Å². The van der Waals surface area contributed by atoms with Gasteiger partial charge in [0.1, 0.15) is 0 Å². The van der Waals surface area contributed by atoms with Gasteiger partial charge in [0.2, 0.25) is 11.8 Å². The van der Waals surface area contributed by atoms with Gasteiger partial charge in [-0.2, -0.15) is 0 Å². The molecule has 126 valence electrons. The normalized spacial score (nSPS) is 17.1. The molecule has 1 aromatic rings. The first-order valence-corrected chi connectivity index (χ1v) is 8.21. The molecule has 1 unspecified atom stereocenters. The van der Waals surface area contributed by atoms with Crippen LogP contribution < -0.4 is 10.2 Å². The Hall–Kier alpha value is -1.88. The SMILES string of the molecule is CC(=O)N(CCC(=O)NCC1CCCO1)c1c(C)cccc1C. The number of amides is 2. The maximum atomic E-state index is 12.0. The van der Waals surface area contributed by atoms with E-state index in [-0.39, 0.29) is 17.9 Å². The summed E-state index contributed by atoms with van der Waals surface area (Å²) in [4.78, 5) is 25.7. The number of ether oxygens (including phenoxy) is 1. The van der Waals surface area contributed by atoms with Crippen LogP contribution in [0.5, 0.6) is 0 Å². The molecule has 0 aliphatic carbocycles. The molecule has 1 atom stereocenters. The standard InChI is InChI=1S/C18H26N2O3/c1-13-6-4-7-14(2)18(13)20(15(3)21)10-9-17(22)19-12-16-8-5-11-23-16/h4,6-7,16H,5,8-12H2,1-3H3,(H,19,22). The van der Waals surface area contributed by atoms with Gasteiger partial charge in [0.25, 0.3) is 0 Å². The number of nitrogens with one attached hydrogen (secondary N) is 1. The number of carbonyl (C=O) groups is 2. The van der Waals surface area contributed by atoms with E-state index in [0.717, 1.165) is 36.3 Å². The molecule has 0 spiro atoms. The van der Waals surface area contributed by atoms with Crippen molar-refractivity contribution >= 4 is 17.5 Å². The Balaban J connectivity index is 1.92. The van der Waals surface area contributed by atoms with Gasteiger partial charge in [0.15, 0.2) is 0 Å². The third-order valence-electron chi connectivity index (χ3n) is 4.20. The van der Waals surface area contributed by atoms with Crippen molar-refractivity contribution in [3.05, 3.63) is 29.3 Å². The molecule has 0 saturated carbocycles. The highest BCUT2D eigenvalue weighted by Crippen LogP contribution is 2.24. The second-order valence-electron chi connectivity index (χ2n) is 6.10. The van der Waals surface area contributed by atoms with Gasteiger partial charge in [-0.1, -0.05) is 18.2 Å². The molecule has 1 heterocycles. The van der Waals surface area contributed by atoms with E-state index < -0.39 is 0 Å². The van der Waals surface area contributed by atoms with Crippen LogP contribution in [0.2, 0.25) is 0 Å². The minimum absolute atomic E-state index is 0.0435. The summed E-state index contributed by atoms with van der Waals surface area (Å²) in [5.41, 5.74) is 2.99. The summed E-state index contributed by atoms with van der Waals surface area (Å²) in [6.07, 6.45) is 2.49. The van der Waals surface area contributed by atoms with Gasteiger partial charge in [-0.05, 0) is 37.8 Å². The molecule has 5 nitrogen and oxygen atoms in total. The zero-order valence-electron chi connectivity index (χ0n) is 14.2. The second kappa shape index (κ2) is 8.11. The summed E-state index contributed by atoms with van der Waals surface area (Å²) in [5, 5.41) is 2.90. The molecule has 1 fully saturated rings. The van der Waals surface area contributed by atoms with Crippen molar-refractivity contribution < 1.29 is 14.3 Å². The number of anilines is 1. The van der Waals surface area contributed by atoms with Crippen molar-refractivity contribution in [3.8, 4) is 0 Å². The Morgan fingerprint density at radius 1 is 1.30 bits per heavy atom. The Morgan fingerprint density at radius 2 is 2.00 bits per heavy atom. The molecule has 2 rings (SSSR count). The highest BCUT2D eigenvalue weighted by Gasteiger charge is 2.19. The molecule has 0 bridgehead atoms. The Bertz CT molecular complexity index is 545. The summed E-state index contributed by atoms with van der Waals surface area (Å²) < 4.78 is 5.49. The lowest BCUT2D eigenvalue weighted by atomic mass is 10.1. The van der Waals surface area contributed by atoms with Crippen LogP contribution in [0.25, 0.3) is 0 Å². The molecule has 1 aromatic carbocycles. The maximum Gasteiger partial charge on any atom is 0.223 e. The van der Waals surface area contributed by atoms with E-state index in [4.69, 9.17) is 4.74 Å². The molecule has 2 amide bonds.